The number of nitrogens with zero attached hydrogens (tertiary/aromatic N) is 1. The van der Waals surface area contributed by atoms with Crippen LogP contribution in [0.5, 0.6) is 0 Å². The fraction of sp³-hybridized carbons (Fsp3) is 0.375. The summed E-state index contributed by atoms with van der Waals surface area (Å²) in [6.07, 6.45) is 0. The van der Waals surface area contributed by atoms with Crippen LogP contribution in [-0.4, -0.2) is 16.6 Å². The maximum absolute atomic E-state index is 10.9. The molecule has 2 nitrogen and oxygen atoms in total. The van der Waals surface area contributed by atoms with Crippen LogP contribution in [0.4, 0.5) is 0 Å². The van der Waals surface area contributed by atoms with Crippen LogP contribution in [0.25, 0.3) is 0 Å². The molecule has 0 atom stereocenters. The number of rotatable bonds is 1. The summed E-state index contributed by atoms with van der Waals surface area (Å²) in [7, 11) is 0. The molecule has 0 fully saturated rings. The van der Waals surface area contributed by atoms with E-state index < -0.39 is 0 Å². The topological polar surface area (TPSA) is 20.3 Å². The molecular weight excluding hydrogens is 158 g/mol. The Morgan fingerprint density at radius 3 is 2.09 bits per heavy atom. The minimum absolute atomic E-state index is 0.128. The van der Waals surface area contributed by atoms with Crippen molar-refractivity contribution in [3.05, 3.63) is 0 Å². The molecule has 0 aromatic heterocycles. The average molecular weight is 167 g/mol. The molecule has 0 heterocycles. The van der Waals surface area contributed by atoms with Crippen LogP contribution in [0.2, 0.25) is 0 Å². The smallest absolute Gasteiger partial charge is 0.255 e. The van der Waals surface area contributed by atoms with E-state index in [9.17, 15) is 4.79 Å². The lowest BCUT2D eigenvalue weighted by atomic mass is 10.6. The van der Waals surface area contributed by atoms with Crippen LogP contribution in [0.1, 0.15) is 13.8 Å². The van der Waals surface area contributed by atoms with Crippen molar-refractivity contribution < 1.29 is 4.79 Å². The van der Waals surface area contributed by atoms with Crippen LogP contribution in [-0.2, 0) is 4.79 Å². The second kappa shape index (κ2) is 5.70. The zero-order valence-corrected chi connectivity index (χ0v) is 7.40. The molecular formula is C8H9NOS. The van der Waals surface area contributed by atoms with E-state index >= 15 is 0 Å². The molecule has 58 valence electrons. The second-order valence-electron chi connectivity index (χ2n) is 1.61. The number of carbonyl (C=O) groups is 1. The van der Waals surface area contributed by atoms with Gasteiger partial charge < -0.3 is 0 Å². The molecule has 0 saturated heterocycles. The Hall–Kier alpha value is -1.06. The van der Waals surface area contributed by atoms with E-state index in [-0.39, 0.29) is 11.7 Å². The van der Waals surface area contributed by atoms with Crippen molar-refractivity contribution in [2.45, 2.75) is 13.8 Å². The predicted octanol–water partition coefficient (Wildman–Crippen LogP) is 0.706. The number of thiol groups is 1. The Kier molecular flexibility index (Phi) is 5.15. The van der Waals surface area contributed by atoms with Crippen molar-refractivity contribution in [1.29, 1.82) is 0 Å². The fourth-order valence-electron chi connectivity index (χ4n) is 0.447. The molecule has 0 saturated carbocycles. The van der Waals surface area contributed by atoms with Gasteiger partial charge in [0, 0.05) is 12.1 Å². The molecule has 0 aliphatic rings. The largest absolute Gasteiger partial charge is 0.272 e. The SMILES string of the molecule is CC#CN(C#CC)C(=O)CS. The standard InChI is InChI=1S/C8H9NOS/c1-3-5-9(6-4-2)8(10)7-11/h11H,7H2,1-2H3. The highest BCUT2D eigenvalue weighted by molar-refractivity contribution is 7.81. The quantitative estimate of drug-likeness (QED) is 0.346. The van der Waals surface area contributed by atoms with Crippen molar-refractivity contribution in [3.8, 4) is 23.9 Å². The minimum Gasteiger partial charge on any atom is -0.272 e. The zero-order valence-electron chi connectivity index (χ0n) is 6.51. The van der Waals surface area contributed by atoms with Gasteiger partial charge in [0.15, 0.2) is 0 Å². The van der Waals surface area contributed by atoms with Gasteiger partial charge in [0.05, 0.1) is 5.75 Å². The molecule has 0 rings (SSSR count). The first-order chi connectivity index (χ1) is 5.26. The van der Waals surface area contributed by atoms with Crippen LogP contribution >= 0.6 is 12.6 Å². The number of hydrogen-bond donors (Lipinski definition) is 1. The van der Waals surface area contributed by atoms with E-state index in [4.69, 9.17) is 0 Å². The summed E-state index contributed by atoms with van der Waals surface area (Å²) in [5.41, 5.74) is 0. The molecule has 0 unspecified atom stereocenters. The first-order valence-corrected chi connectivity index (χ1v) is 3.68. The highest BCUT2D eigenvalue weighted by Crippen LogP contribution is 1.86. The van der Waals surface area contributed by atoms with Crippen molar-refractivity contribution >= 4 is 18.5 Å². The molecule has 0 aromatic rings. The molecule has 0 bridgehead atoms. The Labute approximate surface area is 72.4 Å². The monoisotopic (exact) mass is 167 g/mol. The van der Waals surface area contributed by atoms with Crippen LogP contribution in [0.15, 0.2) is 0 Å². The van der Waals surface area contributed by atoms with Crippen LogP contribution in [0, 0.1) is 23.9 Å². The third kappa shape index (κ3) is 3.60. The Morgan fingerprint density at radius 2 is 1.82 bits per heavy atom. The summed E-state index contributed by atoms with van der Waals surface area (Å²) in [6.45, 7) is 3.30. The van der Waals surface area contributed by atoms with Gasteiger partial charge in [0.1, 0.15) is 0 Å². The second-order valence-corrected chi connectivity index (χ2v) is 1.93. The molecule has 0 aromatic carbocycles. The summed E-state index contributed by atoms with van der Waals surface area (Å²) >= 11 is 3.81. The van der Waals surface area contributed by atoms with E-state index in [2.05, 4.69) is 36.6 Å². The summed E-state index contributed by atoms with van der Waals surface area (Å²) in [5, 5.41) is 0. The maximum atomic E-state index is 10.9. The van der Waals surface area contributed by atoms with Gasteiger partial charge in [0.2, 0.25) is 0 Å². The highest BCUT2D eigenvalue weighted by atomic mass is 32.1. The van der Waals surface area contributed by atoms with Gasteiger partial charge in [-0.3, -0.25) is 4.79 Å². The van der Waals surface area contributed by atoms with Gasteiger partial charge in [-0.05, 0) is 13.8 Å². The molecule has 0 N–H and O–H groups in total. The van der Waals surface area contributed by atoms with Gasteiger partial charge in [-0.25, -0.2) is 0 Å². The summed E-state index contributed by atoms with van der Waals surface area (Å²) in [6, 6.07) is 5.09. The number of hydrogen-bond acceptors (Lipinski definition) is 2. The minimum atomic E-state index is -0.197. The normalized spacial score (nSPS) is 6.82. The van der Waals surface area contributed by atoms with E-state index in [1.807, 2.05) is 0 Å². The van der Waals surface area contributed by atoms with Crippen molar-refractivity contribution in [2.24, 2.45) is 0 Å². The third-order valence-electron chi connectivity index (χ3n) is 0.832. The Balaban J connectivity index is 4.38. The van der Waals surface area contributed by atoms with Crippen LogP contribution < -0.4 is 0 Å². The molecule has 1 amide bonds. The van der Waals surface area contributed by atoms with E-state index in [0.717, 1.165) is 4.90 Å². The third-order valence-corrected chi connectivity index (χ3v) is 1.10. The summed E-state index contributed by atoms with van der Waals surface area (Å²) in [5.74, 6) is 5.10. The lowest BCUT2D eigenvalue weighted by Gasteiger charge is -2.03. The van der Waals surface area contributed by atoms with Gasteiger partial charge >= 0.3 is 0 Å². The van der Waals surface area contributed by atoms with Crippen molar-refractivity contribution in [3.63, 3.8) is 0 Å². The van der Waals surface area contributed by atoms with Crippen LogP contribution in [0.3, 0.4) is 0 Å². The van der Waals surface area contributed by atoms with E-state index in [0.29, 0.717) is 0 Å². The number of amides is 1. The molecule has 0 aliphatic heterocycles. The average Bonchev–Trinajstić information content (AvgIpc) is 2.03. The molecule has 0 spiro atoms. The first kappa shape index (κ1) is 9.94. The van der Waals surface area contributed by atoms with Crippen molar-refractivity contribution in [2.75, 3.05) is 5.75 Å². The molecule has 3 heteroatoms. The zero-order chi connectivity index (χ0) is 8.69. The molecule has 0 aliphatic carbocycles. The Bertz CT molecular complexity index is 231. The van der Waals surface area contributed by atoms with E-state index in [1.54, 1.807) is 13.8 Å². The van der Waals surface area contributed by atoms with E-state index in [1.165, 1.54) is 0 Å². The lowest BCUT2D eigenvalue weighted by molar-refractivity contribution is -0.122. The van der Waals surface area contributed by atoms with Gasteiger partial charge in [-0.2, -0.15) is 17.5 Å². The summed E-state index contributed by atoms with van der Waals surface area (Å²) in [4.78, 5) is 12.1. The lowest BCUT2D eigenvalue weighted by Crippen LogP contribution is -2.22. The first-order valence-electron chi connectivity index (χ1n) is 3.04. The summed E-state index contributed by atoms with van der Waals surface area (Å²) < 4.78 is 0. The van der Waals surface area contributed by atoms with Crippen molar-refractivity contribution in [1.82, 2.24) is 4.90 Å². The predicted molar refractivity (Wildman–Crippen MR) is 47.6 cm³/mol. The maximum Gasteiger partial charge on any atom is 0.255 e. The fourth-order valence-corrected chi connectivity index (χ4v) is 0.588. The highest BCUT2D eigenvalue weighted by Gasteiger charge is 2.04. The number of carbonyl (C=O) groups excluding carboxylic acids is 1. The Morgan fingerprint density at radius 1 is 1.36 bits per heavy atom. The van der Waals surface area contributed by atoms with Gasteiger partial charge in [-0.1, -0.05) is 11.8 Å². The molecule has 0 radical (unpaired) electrons. The molecule has 11 heavy (non-hydrogen) atoms. The van der Waals surface area contributed by atoms with Gasteiger partial charge in [0.25, 0.3) is 5.91 Å². The van der Waals surface area contributed by atoms with Gasteiger partial charge in [-0.15, -0.1) is 0 Å².